The van der Waals surface area contributed by atoms with Crippen LogP contribution in [0.15, 0.2) is 53.7 Å². The van der Waals surface area contributed by atoms with Gasteiger partial charge in [-0.25, -0.2) is 0 Å². The SMILES string of the molecule is CC[C@H]1CSC2=N[C@H](c3ccccn3)[C@@H](c3ccc(C)cc3)N21. The fourth-order valence-corrected chi connectivity index (χ4v) is 4.81. The van der Waals surface area contributed by atoms with Crippen LogP contribution in [0.2, 0.25) is 0 Å². The molecule has 3 atom stereocenters. The molecule has 3 nitrogen and oxygen atoms in total. The number of aryl methyl sites for hydroxylation is 1. The van der Waals surface area contributed by atoms with Crippen LogP contribution in [0.25, 0.3) is 0 Å². The summed E-state index contributed by atoms with van der Waals surface area (Å²) in [6.07, 6.45) is 3.03. The Bertz CT molecular complexity index is 711. The number of nitrogens with zero attached hydrogens (tertiary/aromatic N) is 3. The Labute approximate surface area is 141 Å². The van der Waals surface area contributed by atoms with Crippen molar-refractivity contribution in [2.24, 2.45) is 4.99 Å². The molecule has 3 heterocycles. The van der Waals surface area contributed by atoms with Crippen LogP contribution in [-0.2, 0) is 0 Å². The number of thioether (sulfide) groups is 1. The third kappa shape index (κ3) is 2.55. The summed E-state index contributed by atoms with van der Waals surface area (Å²) in [5.41, 5.74) is 3.70. The second-order valence-corrected chi connectivity index (χ2v) is 7.23. The standard InChI is InChI=1S/C19H21N3S/c1-3-15-12-23-19-21-17(16-6-4-5-11-20-16)18(22(15)19)14-9-7-13(2)8-10-14/h4-11,15,17-18H,3,12H2,1-2H3/t15-,17+,18+/m0/s1. The average Bonchev–Trinajstić information content (AvgIpc) is 3.15. The normalized spacial score (nSPS) is 26.3. The quantitative estimate of drug-likeness (QED) is 0.840. The van der Waals surface area contributed by atoms with Crippen LogP contribution in [0, 0.1) is 6.92 Å². The Hall–Kier alpha value is -1.81. The first-order valence-corrected chi connectivity index (χ1v) is 9.23. The Kier molecular flexibility index (Phi) is 3.85. The molecule has 1 aromatic carbocycles. The monoisotopic (exact) mass is 323 g/mol. The van der Waals surface area contributed by atoms with Crippen LogP contribution in [0.4, 0.5) is 0 Å². The number of hydrogen-bond donors (Lipinski definition) is 0. The molecule has 4 rings (SSSR count). The van der Waals surface area contributed by atoms with Crippen LogP contribution >= 0.6 is 11.8 Å². The van der Waals surface area contributed by atoms with E-state index in [0.717, 1.165) is 17.9 Å². The summed E-state index contributed by atoms with van der Waals surface area (Å²) in [6.45, 7) is 4.41. The Morgan fingerprint density at radius 2 is 2.00 bits per heavy atom. The van der Waals surface area contributed by atoms with E-state index < -0.39 is 0 Å². The second-order valence-electron chi connectivity index (χ2n) is 6.25. The highest BCUT2D eigenvalue weighted by atomic mass is 32.2. The van der Waals surface area contributed by atoms with Crippen molar-refractivity contribution in [3.8, 4) is 0 Å². The van der Waals surface area contributed by atoms with E-state index in [9.17, 15) is 0 Å². The van der Waals surface area contributed by atoms with Gasteiger partial charge in [0, 0.05) is 18.0 Å². The van der Waals surface area contributed by atoms with Crippen molar-refractivity contribution in [3.63, 3.8) is 0 Å². The lowest BCUT2D eigenvalue weighted by Crippen LogP contribution is -2.35. The number of hydrogen-bond acceptors (Lipinski definition) is 4. The maximum absolute atomic E-state index is 5.04. The predicted molar refractivity (Wildman–Crippen MR) is 96.7 cm³/mol. The maximum Gasteiger partial charge on any atom is 0.160 e. The van der Waals surface area contributed by atoms with Gasteiger partial charge >= 0.3 is 0 Å². The number of fused-ring (bicyclic) bond motifs is 1. The van der Waals surface area contributed by atoms with Crippen LogP contribution in [0.5, 0.6) is 0 Å². The first-order chi connectivity index (χ1) is 11.3. The fourth-order valence-electron chi connectivity index (χ4n) is 3.47. The highest BCUT2D eigenvalue weighted by molar-refractivity contribution is 8.14. The van der Waals surface area contributed by atoms with E-state index in [1.54, 1.807) is 0 Å². The summed E-state index contributed by atoms with van der Waals surface area (Å²) in [4.78, 5) is 12.2. The Morgan fingerprint density at radius 1 is 1.17 bits per heavy atom. The summed E-state index contributed by atoms with van der Waals surface area (Å²) in [6, 6.07) is 16.0. The molecule has 0 aliphatic carbocycles. The van der Waals surface area contributed by atoms with Crippen LogP contribution < -0.4 is 0 Å². The van der Waals surface area contributed by atoms with Crippen molar-refractivity contribution in [1.29, 1.82) is 0 Å². The minimum atomic E-state index is 0.0933. The maximum atomic E-state index is 5.04. The summed E-state index contributed by atoms with van der Waals surface area (Å²) in [5, 5.41) is 1.19. The highest BCUT2D eigenvalue weighted by Gasteiger charge is 2.45. The second kappa shape index (κ2) is 6.00. The highest BCUT2D eigenvalue weighted by Crippen LogP contribution is 2.48. The van der Waals surface area contributed by atoms with Gasteiger partial charge in [-0.1, -0.05) is 54.6 Å². The summed E-state index contributed by atoms with van der Waals surface area (Å²) >= 11 is 1.89. The van der Waals surface area contributed by atoms with Gasteiger partial charge in [0.25, 0.3) is 0 Å². The molecule has 0 saturated carbocycles. The molecule has 1 fully saturated rings. The number of rotatable bonds is 3. The number of amidine groups is 1. The number of benzene rings is 1. The molecule has 2 aliphatic rings. The zero-order chi connectivity index (χ0) is 15.8. The molecule has 23 heavy (non-hydrogen) atoms. The van der Waals surface area contributed by atoms with Crippen molar-refractivity contribution < 1.29 is 0 Å². The molecule has 2 aromatic rings. The lowest BCUT2D eigenvalue weighted by Gasteiger charge is -2.32. The fraction of sp³-hybridized carbons (Fsp3) is 0.368. The van der Waals surface area contributed by atoms with Crippen LogP contribution in [-0.4, -0.2) is 26.8 Å². The molecule has 0 amide bonds. The van der Waals surface area contributed by atoms with Gasteiger partial charge in [0.15, 0.2) is 5.17 Å². The number of aliphatic imine (C=N–C) groups is 1. The molecule has 1 saturated heterocycles. The van der Waals surface area contributed by atoms with Gasteiger partial charge in [-0.3, -0.25) is 9.98 Å². The van der Waals surface area contributed by atoms with E-state index in [2.05, 4.69) is 60.1 Å². The van der Waals surface area contributed by atoms with E-state index >= 15 is 0 Å². The van der Waals surface area contributed by atoms with E-state index in [-0.39, 0.29) is 12.1 Å². The molecule has 0 N–H and O–H groups in total. The zero-order valence-corrected chi connectivity index (χ0v) is 14.3. The molecule has 0 bridgehead atoms. The largest absolute Gasteiger partial charge is 0.338 e. The molecule has 0 radical (unpaired) electrons. The summed E-state index contributed by atoms with van der Waals surface area (Å²) in [7, 11) is 0. The molecule has 4 heteroatoms. The third-order valence-corrected chi connectivity index (χ3v) is 5.87. The predicted octanol–water partition coefficient (Wildman–Crippen LogP) is 4.37. The first kappa shape index (κ1) is 14.8. The van der Waals surface area contributed by atoms with Gasteiger partial charge in [-0.2, -0.15) is 0 Å². The van der Waals surface area contributed by atoms with Crippen molar-refractivity contribution in [3.05, 3.63) is 65.5 Å². The Balaban J connectivity index is 1.78. The van der Waals surface area contributed by atoms with E-state index in [0.29, 0.717) is 6.04 Å². The van der Waals surface area contributed by atoms with Crippen LogP contribution in [0.1, 0.15) is 42.2 Å². The van der Waals surface area contributed by atoms with Crippen molar-refractivity contribution >= 4 is 16.9 Å². The summed E-state index contributed by atoms with van der Waals surface area (Å²) < 4.78 is 0. The molecular formula is C19H21N3S. The topological polar surface area (TPSA) is 28.5 Å². The summed E-state index contributed by atoms with van der Waals surface area (Å²) in [5.74, 6) is 1.15. The molecule has 0 spiro atoms. The lowest BCUT2D eigenvalue weighted by atomic mass is 9.94. The molecule has 2 aliphatic heterocycles. The molecule has 118 valence electrons. The van der Waals surface area contributed by atoms with Gasteiger partial charge in [0.2, 0.25) is 0 Å². The lowest BCUT2D eigenvalue weighted by molar-refractivity contribution is 0.255. The van der Waals surface area contributed by atoms with Gasteiger partial charge in [0.1, 0.15) is 6.04 Å². The van der Waals surface area contributed by atoms with Crippen molar-refractivity contribution in [2.75, 3.05) is 5.75 Å². The smallest absolute Gasteiger partial charge is 0.160 e. The minimum Gasteiger partial charge on any atom is -0.338 e. The molecule has 1 aromatic heterocycles. The number of pyridine rings is 1. The minimum absolute atomic E-state index is 0.0933. The van der Waals surface area contributed by atoms with Gasteiger partial charge in [-0.05, 0) is 31.0 Å². The van der Waals surface area contributed by atoms with E-state index in [1.807, 2.05) is 24.0 Å². The van der Waals surface area contributed by atoms with Gasteiger partial charge in [0.05, 0.1) is 11.7 Å². The van der Waals surface area contributed by atoms with E-state index in [1.165, 1.54) is 16.3 Å². The van der Waals surface area contributed by atoms with Gasteiger partial charge < -0.3 is 4.90 Å². The van der Waals surface area contributed by atoms with E-state index in [4.69, 9.17) is 4.99 Å². The first-order valence-electron chi connectivity index (χ1n) is 8.24. The molecular weight excluding hydrogens is 302 g/mol. The van der Waals surface area contributed by atoms with Crippen LogP contribution in [0.3, 0.4) is 0 Å². The van der Waals surface area contributed by atoms with Crippen molar-refractivity contribution in [2.45, 2.75) is 38.4 Å². The Morgan fingerprint density at radius 3 is 2.70 bits per heavy atom. The molecule has 0 unspecified atom stereocenters. The zero-order valence-electron chi connectivity index (χ0n) is 13.5. The number of aromatic nitrogens is 1. The average molecular weight is 323 g/mol. The van der Waals surface area contributed by atoms with Gasteiger partial charge in [-0.15, -0.1) is 0 Å². The van der Waals surface area contributed by atoms with Crippen molar-refractivity contribution in [1.82, 2.24) is 9.88 Å². The third-order valence-electron chi connectivity index (χ3n) is 4.75.